The van der Waals surface area contributed by atoms with Crippen LogP contribution in [0.3, 0.4) is 0 Å². The number of nitrogens with one attached hydrogen (secondary N) is 1. The second kappa shape index (κ2) is 12.8. The second-order valence-corrected chi connectivity index (χ2v) is 14.0. The first kappa shape index (κ1) is 33.3. The molecule has 240 valence electrons. The maximum absolute atomic E-state index is 14.9. The molecule has 2 aromatic heterocycles. The molecule has 1 N–H and O–H groups in total. The highest BCUT2D eigenvalue weighted by Crippen LogP contribution is 2.28. The minimum Gasteiger partial charge on any atom is -0.444 e. The summed E-state index contributed by atoms with van der Waals surface area (Å²) in [5, 5.41) is 3.10. The number of nitrogens with zero attached hydrogens (tertiary/aromatic N) is 4. The molecule has 0 unspecified atom stereocenters. The predicted octanol–water partition coefficient (Wildman–Crippen LogP) is 6.02. The number of sulfone groups is 1. The molecule has 0 bridgehead atoms. The molecular weight excluding hydrogens is 609 g/mol. The van der Waals surface area contributed by atoms with Gasteiger partial charge in [0.15, 0.2) is 9.84 Å². The van der Waals surface area contributed by atoms with Crippen molar-refractivity contribution in [2.75, 3.05) is 24.2 Å². The number of pyridine rings is 1. The van der Waals surface area contributed by atoms with Crippen molar-refractivity contribution in [1.82, 2.24) is 19.9 Å². The Morgan fingerprint density at radius 1 is 1.11 bits per heavy atom. The number of benzene rings is 1. The van der Waals surface area contributed by atoms with Gasteiger partial charge < -0.3 is 15.0 Å². The molecule has 0 spiro atoms. The predicted molar refractivity (Wildman–Crippen MR) is 155 cm³/mol. The standard InChI is InChI=1S/C29H34F5N5O4S/c1-5-17-11-23(18-6-7-19(22(31)10-18)16-44(41,42)9-8-29(32,33)34)37-24-13-35-26(38-25(17)24)36-21-12-20(30)14-39(15-21)27(40)43-28(2,3)4/h6-7,10-11,13,20-21H,5,8-9,12,14-16H2,1-4H3,(H,35,36,38)/t20-,21-/m0/s1. The van der Waals surface area contributed by atoms with Gasteiger partial charge >= 0.3 is 12.3 Å². The van der Waals surface area contributed by atoms with Gasteiger partial charge in [-0.1, -0.05) is 19.1 Å². The van der Waals surface area contributed by atoms with Crippen LogP contribution in [0.5, 0.6) is 0 Å². The molecule has 1 aliphatic rings. The van der Waals surface area contributed by atoms with Crippen molar-refractivity contribution in [2.24, 2.45) is 0 Å². The largest absolute Gasteiger partial charge is 0.444 e. The van der Waals surface area contributed by atoms with Gasteiger partial charge in [0.2, 0.25) is 5.95 Å². The molecule has 0 radical (unpaired) electrons. The van der Waals surface area contributed by atoms with E-state index in [9.17, 15) is 35.2 Å². The molecule has 3 heterocycles. The fourth-order valence-corrected chi connectivity index (χ4v) is 6.17. The number of aromatic nitrogens is 3. The van der Waals surface area contributed by atoms with E-state index in [-0.39, 0.29) is 31.0 Å². The van der Waals surface area contributed by atoms with E-state index in [2.05, 4.69) is 20.3 Å². The average Bonchev–Trinajstić information content (AvgIpc) is 2.91. The number of anilines is 1. The number of fused-ring (bicyclic) bond motifs is 1. The number of carbonyl (C=O) groups is 1. The van der Waals surface area contributed by atoms with Crippen molar-refractivity contribution in [3.05, 3.63) is 47.4 Å². The molecule has 44 heavy (non-hydrogen) atoms. The zero-order valence-corrected chi connectivity index (χ0v) is 25.5. The lowest BCUT2D eigenvalue weighted by Crippen LogP contribution is -2.51. The first-order valence-corrected chi connectivity index (χ1v) is 15.8. The Bertz CT molecular complexity index is 1630. The van der Waals surface area contributed by atoms with Crippen molar-refractivity contribution in [3.63, 3.8) is 0 Å². The van der Waals surface area contributed by atoms with Gasteiger partial charge in [0.05, 0.1) is 41.9 Å². The summed E-state index contributed by atoms with van der Waals surface area (Å²) in [7, 11) is -4.18. The smallest absolute Gasteiger partial charge is 0.410 e. The molecule has 3 aromatic rings. The Kier molecular flexibility index (Phi) is 9.66. The Labute approximate surface area is 252 Å². The molecule has 0 aliphatic carbocycles. The fraction of sp³-hybridized carbons (Fsp3) is 0.517. The molecule has 9 nitrogen and oxygen atoms in total. The molecule has 1 amide bonds. The fourth-order valence-electron chi connectivity index (χ4n) is 4.78. The number of amides is 1. The minimum atomic E-state index is -4.63. The summed E-state index contributed by atoms with van der Waals surface area (Å²) < 4.78 is 96.4. The lowest BCUT2D eigenvalue weighted by atomic mass is 10.0. The SMILES string of the molecule is CCc1cc(-c2ccc(CS(=O)(=O)CCC(F)(F)F)c(F)c2)nc2cnc(N[C@H]3C[C@H](F)CN(C(=O)OC(C)(C)C)C3)nc12. The third kappa shape index (κ3) is 8.96. The maximum atomic E-state index is 14.9. The number of piperidine rings is 1. The van der Waals surface area contributed by atoms with Gasteiger partial charge in [0.25, 0.3) is 0 Å². The number of ether oxygens (including phenoxy) is 1. The molecule has 1 aromatic carbocycles. The van der Waals surface area contributed by atoms with Crippen molar-refractivity contribution < 1.29 is 39.9 Å². The summed E-state index contributed by atoms with van der Waals surface area (Å²) in [6.07, 6.45) is -5.89. The van der Waals surface area contributed by atoms with E-state index in [0.717, 1.165) is 11.6 Å². The molecule has 1 saturated heterocycles. The van der Waals surface area contributed by atoms with E-state index < -0.39 is 63.7 Å². The zero-order chi connectivity index (χ0) is 32.4. The minimum absolute atomic E-state index is 0.0756. The van der Waals surface area contributed by atoms with Crippen molar-refractivity contribution in [2.45, 2.75) is 76.7 Å². The van der Waals surface area contributed by atoms with Crippen LogP contribution in [-0.2, 0) is 26.7 Å². The van der Waals surface area contributed by atoms with Crippen LogP contribution < -0.4 is 5.32 Å². The Morgan fingerprint density at radius 2 is 1.84 bits per heavy atom. The van der Waals surface area contributed by atoms with Crippen LogP contribution in [-0.4, -0.2) is 77.2 Å². The summed E-state index contributed by atoms with van der Waals surface area (Å²) in [5.74, 6) is -2.65. The van der Waals surface area contributed by atoms with Crippen LogP contribution in [0.2, 0.25) is 0 Å². The van der Waals surface area contributed by atoms with E-state index in [0.29, 0.717) is 28.7 Å². The van der Waals surface area contributed by atoms with Gasteiger partial charge in [-0.2, -0.15) is 13.2 Å². The summed E-state index contributed by atoms with van der Waals surface area (Å²) in [6, 6.07) is 5.00. The van der Waals surface area contributed by atoms with E-state index in [1.54, 1.807) is 26.8 Å². The van der Waals surface area contributed by atoms with Crippen LogP contribution in [0.4, 0.5) is 32.7 Å². The normalized spacial score (nSPS) is 18.0. The van der Waals surface area contributed by atoms with Gasteiger partial charge in [0, 0.05) is 30.1 Å². The molecule has 1 fully saturated rings. The summed E-state index contributed by atoms with van der Waals surface area (Å²) in [6.45, 7) is 7.20. The summed E-state index contributed by atoms with van der Waals surface area (Å²) in [5.41, 5.74) is 1.39. The van der Waals surface area contributed by atoms with E-state index in [4.69, 9.17) is 4.74 Å². The van der Waals surface area contributed by atoms with Crippen LogP contribution in [0.15, 0.2) is 30.5 Å². The quantitative estimate of drug-likeness (QED) is 0.297. The number of aryl methyl sites for hydroxylation is 1. The average molecular weight is 644 g/mol. The second-order valence-electron chi connectivity index (χ2n) is 11.8. The number of rotatable bonds is 8. The lowest BCUT2D eigenvalue weighted by molar-refractivity contribution is -0.129. The molecule has 2 atom stereocenters. The van der Waals surface area contributed by atoms with Crippen LogP contribution in [0, 0.1) is 5.82 Å². The number of hydrogen-bond donors (Lipinski definition) is 1. The highest BCUT2D eigenvalue weighted by Gasteiger charge is 2.33. The number of carbonyl (C=O) groups excluding carboxylic acids is 1. The number of hydrogen-bond acceptors (Lipinski definition) is 8. The molecule has 1 aliphatic heterocycles. The first-order valence-electron chi connectivity index (χ1n) is 14.0. The van der Waals surface area contributed by atoms with Crippen LogP contribution in [0.25, 0.3) is 22.3 Å². The first-order chi connectivity index (χ1) is 20.4. The van der Waals surface area contributed by atoms with Crippen LogP contribution >= 0.6 is 0 Å². The van der Waals surface area contributed by atoms with Gasteiger partial charge in [-0.25, -0.2) is 36.9 Å². The molecule has 15 heteroatoms. The van der Waals surface area contributed by atoms with Crippen molar-refractivity contribution in [3.8, 4) is 11.3 Å². The topological polar surface area (TPSA) is 114 Å². The lowest BCUT2D eigenvalue weighted by Gasteiger charge is -2.36. The molecule has 4 rings (SSSR count). The number of halogens is 5. The zero-order valence-electron chi connectivity index (χ0n) is 24.7. The van der Waals surface area contributed by atoms with Gasteiger partial charge in [-0.3, -0.25) is 0 Å². The summed E-state index contributed by atoms with van der Waals surface area (Å²) in [4.78, 5) is 27.2. The Balaban J connectivity index is 1.53. The monoisotopic (exact) mass is 643 g/mol. The van der Waals surface area contributed by atoms with Crippen molar-refractivity contribution >= 4 is 32.9 Å². The van der Waals surface area contributed by atoms with Gasteiger partial charge in [-0.05, 0) is 44.9 Å². The molecular formula is C29H34F5N5O4S. The van der Waals surface area contributed by atoms with Crippen LogP contribution in [0.1, 0.15) is 51.7 Å². The highest BCUT2D eigenvalue weighted by atomic mass is 32.2. The van der Waals surface area contributed by atoms with Gasteiger partial charge in [-0.15, -0.1) is 0 Å². The Morgan fingerprint density at radius 3 is 2.48 bits per heavy atom. The maximum Gasteiger partial charge on any atom is 0.410 e. The Hall–Kier alpha value is -3.62. The third-order valence-electron chi connectivity index (χ3n) is 6.81. The number of alkyl halides is 4. The van der Waals surface area contributed by atoms with E-state index >= 15 is 0 Å². The number of likely N-dealkylation sites (tertiary alicyclic amines) is 1. The van der Waals surface area contributed by atoms with Gasteiger partial charge in [0.1, 0.15) is 23.1 Å². The van der Waals surface area contributed by atoms with E-state index in [1.807, 2.05) is 6.92 Å². The molecule has 0 saturated carbocycles. The third-order valence-corrected chi connectivity index (χ3v) is 8.39. The summed E-state index contributed by atoms with van der Waals surface area (Å²) >= 11 is 0. The van der Waals surface area contributed by atoms with E-state index in [1.165, 1.54) is 23.2 Å². The van der Waals surface area contributed by atoms with Crippen molar-refractivity contribution in [1.29, 1.82) is 0 Å². The highest BCUT2D eigenvalue weighted by molar-refractivity contribution is 7.90.